The van der Waals surface area contributed by atoms with Gasteiger partial charge in [-0.2, -0.15) is 0 Å². The van der Waals surface area contributed by atoms with Crippen molar-refractivity contribution < 1.29 is 19.0 Å². The third kappa shape index (κ3) is 3.51. The zero-order chi connectivity index (χ0) is 17.1. The summed E-state index contributed by atoms with van der Waals surface area (Å²) in [5, 5.41) is 0.754. The number of nitrogens with zero attached hydrogens (tertiary/aromatic N) is 1. The summed E-state index contributed by atoms with van der Waals surface area (Å²) >= 11 is 0. The fraction of sp³-hybridized carbons (Fsp3) is 0.474. The number of ether oxygens (including phenoxy) is 3. The minimum absolute atomic E-state index is 0.0923. The maximum absolute atomic E-state index is 12.7. The molecule has 5 heteroatoms. The highest BCUT2D eigenvalue weighted by molar-refractivity contribution is 6.04. The lowest BCUT2D eigenvalue weighted by atomic mass is 9.95. The number of hydrogen-bond acceptors (Lipinski definition) is 5. The van der Waals surface area contributed by atoms with E-state index in [9.17, 15) is 4.79 Å². The lowest BCUT2D eigenvalue weighted by Crippen LogP contribution is -2.29. The lowest BCUT2D eigenvalue weighted by Gasteiger charge is -2.28. The van der Waals surface area contributed by atoms with Crippen molar-refractivity contribution in [3.05, 3.63) is 35.5 Å². The van der Waals surface area contributed by atoms with Gasteiger partial charge >= 0.3 is 5.97 Å². The summed E-state index contributed by atoms with van der Waals surface area (Å²) in [6, 6.07) is 7.31. The normalized spacial score (nSPS) is 20.8. The van der Waals surface area contributed by atoms with E-state index in [-0.39, 0.29) is 18.2 Å². The molecule has 0 N–H and O–H groups in total. The number of benzene rings is 1. The van der Waals surface area contributed by atoms with Crippen molar-refractivity contribution in [3.63, 3.8) is 0 Å². The van der Waals surface area contributed by atoms with Crippen LogP contribution in [-0.2, 0) is 9.47 Å². The van der Waals surface area contributed by atoms with Gasteiger partial charge in [0.05, 0.1) is 24.3 Å². The Hall–Kier alpha value is -2.14. The van der Waals surface area contributed by atoms with Gasteiger partial charge in [-0.05, 0) is 50.5 Å². The summed E-state index contributed by atoms with van der Waals surface area (Å²) < 4.78 is 16.4. The number of fused-ring (bicyclic) bond motifs is 1. The molecule has 1 aliphatic carbocycles. The van der Waals surface area contributed by atoms with Crippen molar-refractivity contribution in [2.75, 3.05) is 14.2 Å². The van der Waals surface area contributed by atoms with E-state index in [0.717, 1.165) is 42.3 Å². The Kier molecular flexibility index (Phi) is 5.00. The maximum atomic E-state index is 12.7. The molecule has 24 heavy (non-hydrogen) atoms. The smallest absolute Gasteiger partial charge is 0.339 e. The Morgan fingerprint density at radius 1 is 1.17 bits per heavy atom. The molecule has 1 aromatic heterocycles. The molecule has 0 saturated heterocycles. The largest absolute Gasteiger partial charge is 0.497 e. The van der Waals surface area contributed by atoms with Gasteiger partial charge in [-0.3, -0.25) is 4.98 Å². The highest BCUT2D eigenvalue weighted by Crippen LogP contribution is 2.27. The monoisotopic (exact) mass is 329 g/mol. The van der Waals surface area contributed by atoms with E-state index < -0.39 is 0 Å². The summed E-state index contributed by atoms with van der Waals surface area (Å²) in [6.07, 6.45) is 3.77. The Morgan fingerprint density at radius 2 is 1.96 bits per heavy atom. The molecule has 1 aromatic carbocycles. The molecule has 1 saturated carbocycles. The van der Waals surface area contributed by atoms with Gasteiger partial charge in [0.15, 0.2) is 0 Å². The number of carbonyl (C=O) groups is 1. The molecular weight excluding hydrogens is 306 g/mol. The van der Waals surface area contributed by atoms with Crippen LogP contribution < -0.4 is 4.74 Å². The molecule has 128 valence electrons. The van der Waals surface area contributed by atoms with E-state index in [1.807, 2.05) is 25.1 Å². The molecule has 0 radical (unpaired) electrons. The van der Waals surface area contributed by atoms with Crippen LogP contribution in [0.15, 0.2) is 24.3 Å². The summed E-state index contributed by atoms with van der Waals surface area (Å²) in [7, 11) is 3.31. The molecule has 5 nitrogen and oxygen atoms in total. The molecule has 3 rings (SSSR count). The number of hydrogen-bond donors (Lipinski definition) is 0. The zero-order valence-electron chi connectivity index (χ0n) is 14.4. The van der Waals surface area contributed by atoms with Crippen LogP contribution in [0.25, 0.3) is 10.9 Å². The van der Waals surface area contributed by atoms with Gasteiger partial charge in [-0.25, -0.2) is 4.79 Å². The van der Waals surface area contributed by atoms with Crippen molar-refractivity contribution >= 4 is 16.9 Å². The molecule has 2 atom stereocenters. The standard InChI is InChI=1S/C19H23NO4/c1-12-9-17(16-11-14(23-3)7-8-18(16)20-12)19(21)24-15-6-4-5-13(10-15)22-2/h7-9,11,13,15H,4-6,10H2,1-3H3/t13-,15-/m0/s1. The van der Waals surface area contributed by atoms with Gasteiger partial charge in [0.25, 0.3) is 0 Å². The van der Waals surface area contributed by atoms with Crippen molar-refractivity contribution in [1.29, 1.82) is 0 Å². The van der Waals surface area contributed by atoms with Crippen LogP contribution in [0, 0.1) is 6.92 Å². The van der Waals surface area contributed by atoms with Gasteiger partial charge < -0.3 is 14.2 Å². The lowest BCUT2D eigenvalue weighted by molar-refractivity contribution is -0.0148. The van der Waals surface area contributed by atoms with Crippen LogP contribution in [0.2, 0.25) is 0 Å². The van der Waals surface area contributed by atoms with Crippen LogP contribution in [0.4, 0.5) is 0 Å². The zero-order valence-corrected chi connectivity index (χ0v) is 14.4. The minimum Gasteiger partial charge on any atom is -0.497 e. The third-order valence-corrected chi connectivity index (χ3v) is 4.55. The van der Waals surface area contributed by atoms with E-state index in [2.05, 4.69) is 4.98 Å². The first-order chi connectivity index (χ1) is 11.6. The summed E-state index contributed by atoms with van der Waals surface area (Å²) in [5.74, 6) is 0.389. The molecule has 1 fully saturated rings. The molecule has 0 spiro atoms. The Bertz CT molecular complexity index is 743. The van der Waals surface area contributed by atoms with E-state index in [0.29, 0.717) is 11.3 Å². The number of aromatic nitrogens is 1. The highest BCUT2D eigenvalue weighted by Gasteiger charge is 2.26. The maximum Gasteiger partial charge on any atom is 0.339 e. The van der Waals surface area contributed by atoms with Gasteiger partial charge in [0, 0.05) is 24.6 Å². The molecule has 0 amide bonds. The third-order valence-electron chi connectivity index (χ3n) is 4.55. The van der Waals surface area contributed by atoms with Crippen LogP contribution in [0.5, 0.6) is 5.75 Å². The van der Waals surface area contributed by atoms with Gasteiger partial charge in [0.2, 0.25) is 0 Å². The second-order valence-electron chi connectivity index (χ2n) is 6.25. The van der Waals surface area contributed by atoms with Crippen molar-refractivity contribution in [3.8, 4) is 5.75 Å². The van der Waals surface area contributed by atoms with E-state index in [4.69, 9.17) is 14.2 Å². The quantitative estimate of drug-likeness (QED) is 0.801. The second kappa shape index (κ2) is 7.18. The summed E-state index contributed by atoms with van der Waals surface area (Å²) in [6.45, 7) is 1.88. The van der Waals surface area contributed by atoms with Gasteiger partial charge in [-0.15, -0.1) is 0 Å². The summed E-state index contributed by atoms with van der Waals surface area (Å²) in [5.41, 5.74) is 2.09. The van der Waals surface area contributed by atoms with Crippen LogP contribution in [0.3, 0.4) is 0 Å². The number of carbonyl (C=O) groups excluding carboxylic acids is 1. The first-order valence-electron chi connectivity index (χ1n) is 8.30. The Labute approximate surface area is 141 Å². The molecular formula is C19H23NO4. The topological polar surface area (TPSA) is 57.7 Å². The average Bonchev–Trinajstić information content (AvgIpc) is 2.60. The van der Waals surface area contributed by atoms with Crippen LogP contribution >= 0.6 is 0 Å². The van der Waals surface area contributed by atoms with E-state index >= 15 is 0 Å². The molecule has 0 unspecified atom stereocenters. The number of esters is 1. The summed E-state index contributed by atoms with van der Waals surface area (Å²) in [4.78, 5) is 17.2. The molecule has 1 aliphatic rings. The predicted molar refractivity (Wildman–Crippen MR) is 91.5 cm³/mol. The highest BCUT2D eigenvalue weighted by atomic mass is 16.5. The fourth-order valence-electron chi connectivity index (χ4n) is 3.27. The molecule has 0 bridgehead atoms. The molecule has 1 heterocycles. The van der Waals surface area contributed by atoms with Crippen LogP contribution in [0.1, 0.15) is 41.7 Å². The molecule has 2 aromatic rings. The van der Waals surface area contributed by atoms with E-state index in [1.54, 1.807) is 20.3 Å². The molecule has 0 aliphatic heterocycles. The van der Waals surface area contributed by atoms with Crippen molar-refractivity contribution in [2.45, 2.75) is 44.8 Å². The fourth-order valence-corrected chi connectivity index (χ4v) is 3.27. The Balaban J connectivity index is 1.88. The number of rotatable bonds is 4. The van der Waals surface area contributed by atoms with Crippen molar-refractivity contribution in [2.24, 2.45) is 0 Å². The predicted octanol–water partition coefficient (Wildman–Crippen LogP) is 3.67. The number of methoxy groups -OCH3 is 2. The number of pyridine rings is 1. The second-order valence-corrected chi connectivity index (χ2v) is 6.25. The first kappa shape index (κ1) is 16.7. The van der Waals surface area contributed by atoms with Crippen LogP contribution in [-0.4, -0.2) is 37.4 Å². The minimum atomic E-state index is -0.305. The van der Waals surface area contributed by atoms with E-state index in [1.165, 1.54) is 0 Å². The Morgan fingerprint density at radius 3 is 2.71 bits per heavy atom. The number of aryl methyl sites for hydroxylation is 1. The van der Waals surface area contributed by atoms with Gasteiger partial charge in [0.1, 0.15) is 11.9 Å². The average molecular weight is 329 g/mol. The first-order valence-corrected chi connectivity index (χ1v) is 8.30. The van der Waals surface area contributed by atoms with Gasteiger partial charge in [-0.1, -0.05) is 0 Å². The van der Waals surface area contributed by atoms with Crippen molar-refractivity contribution in [1.82, 2.24) is 4.98 Å². The SMILES string of the molecule is COc1ccc2nc(C)cc(C(=O)O[C@H]3CCC[C@H](OC)C3)c2c1.